The standard InChI is InChI=1S/C22H22ClN3O3/c1-3-4-13-29-22(28)16-5-9-18(10-6-16)24-14-20-15(2)25-26(21(20)27)19-11-7-17(23)8-12-19/h5-12,14,24-25H,2-4,13H2,1H3/b20-14-. The van der Waals surface area contributed by atoms with E-state index in [0.717, 1.165) is 18.5 Å². The van der Waals surface area contributed by atoms with E-state index in [1.54, 1.807) is 54.7 Å². The summed E-state index contributed by atoms with van der Waals surface area (Å²) in [5.74, 6) is -0.342. The number of nitrogens with one attached hydrogen (secondary N) is 2. The second kappa shape index (κ2) is 9.30. The molecule has 150 valence electrons. The van der Waals surface area contributed by atoms with E-state index >= 15 is 0 Å². The van der Waals surface area contributed by atoms with E-state index in [2.05, 4.69) is 17.0 Å². The summed E-state index contributed by atoms with van der Waals surface area (Å²) in [6, 6.07) is 13.8. The summed E-state index contributed by atoms with van der Waals surface area (Å²) >= 11 is 5.90. The van der Waals surface area contributed by atoms with Gasteiger partial charge in [0.15, 0.2) is 0 Å². The summed E-state index contributed by atoms with van der Waals surface area (Å²) in [5, 5.41) is 7.49. The number of rotatable bonds is 7. The number of benzene rings is 2. The third kappa shape index (κ3) is 4.97. The second-order valence-electron chi connectivity index (χ2n) is 6.48. The maximum atomic E-state index is 12.7. The van der Waals surface area contributed by atoms with E-state index in [9.17, 15) is 9.59 Å². The van der Waals surface area contributed by atoms with Crippen LogP contribution in [0.2, 0.25) is 5.02 Å². The fraction of sp³-hybridized carbons (Fsp3) is 0.182. The van der Waals surface area contributed by atoms with E-state index in [1.807, 2.05) is 6.92 Å². The minimum absolute atomic E-state index is 0.235. The zero-order chi connectivity index (χ0) is 20.8. The topological polar surface area (TPSA) is 76.1 Å². The Morgan fingerprint density at radius 2 is 1.90 bits per heavy atom. The lowest BCUT2D eigenvalue weighted by Crippen LogP contribution is -2.34. The maximum absolute atomic E-state index is 12.7. The van der Waals surface area contributed by atoms with Crippen molar-refractivity contribution in [1.82, 2.24) is 9.78 Å². The number of aromatic amines is 1. The number of carbonyl (C=O) groups excluding carboxylic acids is 1. The summed E-state index contributed by atoms with van der Waals surface area (Å²) in [4.78, 5) is 24.6. The van der Waals surface area contributed by atoms with Gasteiger partial charge in [0.2, 0.25) is 0 Å². The van der Waals surface area contributed by atoms with Crippen molar-refractivity contribution in [2.24, 2.45) is 0 Å². The van der Waals surface area contributed by atoms with Crippen LogP contribution in [0.5, 0.6) is 0 Å². The zero-order valence-corrected chi connectivity index (χ0v) is 16.8. The Morgan fingerprint density at radius 1 is 1.21 bits per heavy atom. The van der Waals surface area contributed by atoms with Gasteiger partial charge in [-0.25, -0.2) is 9.48 Å². The number of hydrogen-bond donors (Lipinski definition) is 2. The number of anilines is 1. The minimum Gasteiger partial charge on any atom is -0.462 e. The van der Waals surface area contributed by atoms with Crippen molar-refractivity contribution in [1.29, 1.82) is 0 Å². The van der Waals surface area contributed by atoms with Gasteiger partial charge >= 0.3 is 5.97 Å². The number of esters is 1. The highest BCUT2D eigenvalue weighted by atomic mass is 35.5. The highest BCUT2D eigenvalue weighted by molar-refractivity contribution is 6.30. The smallest absolute Gasteiger partial charge is 0.338 e. The molecule has 0 saturated heterocycles. The average molecular weight is 412 g/mol. The van der Waals surface area contributed by atoms with E-state index in [-0.39, 0.29) is 11.5 Å². The molecule has 0 aliphatic carbocycles. The fourth-order valence-electron chi connectivity index (χ4n) is 2.67. The number of halogens is 1. The molecule has 2 aromatic carbocycles. The van der Waals surface area contributed by atoms with Gasteiger partial charge in [-0.15, -0.1) is 0 Å². The fourth-order valence-corrected chi connectivity index (χ4v) is 2.79. The lowest BCUT2D eigenvalue weighted by Gasteiger charge is -2.05. The molecule has 0 radical (unpaired) electrons. The van der Waals surface area contributed by atoms with Gasteiger partial charge in [-0.05, 0) is 55.0 Å². The molecule has 2 N–H and O–H groups in total. The van der Waals surface area contributed by atoms with Crippen LogP contribution in [0.4, 0.5) is 5.69 Å². The van der Waals surface area contributed by atoms with Gasteiger partial charge in [0, 0.05) is 16.9 Å². The lowest BCUT2D eigenvalue weighted by molar-refractivity contribution is 0.0500. The molecule has 0 aliphatic rings. The van der Waals surface area contributed by atoms with Crippen LogP contribution < -0.4 is 21.4 Å². The molecule has 6 nitrogen and oxygen atoms in total. The van der Waals surface area contributed by atoms with Gasteiger partial charge in [0.25, 0.3) is 5.56 Å². The molecule has 3 rings (SSSR count). The van der Waals surface area contributed by atoms with Crippen LogP contribution in [-0.4, -0.2) is 22.4 Å². The Labute approximate surface area is 173 Å². The molecule has 0 aliphatic heterocycles. The van der Waals surface area contributed by atoms with E-state index < -0.39 is 0 Å². The summed E-state index contributed by atoms with van der Waals surface area (Å²) in [7, 11) is 0. The highest BCUT2D eigenvalue weighted by Gasteiger charge is 2.07. The second-order valence-corrected chi connectivity index (χ2v) is 6.91. The van der Waals surface area contributed by atoms with Crippen molar-refractivity contribution in [2.75, 3.05) is 11.9 Å². The van der Waals surface area contributed by atoms with Gasteiger partial charge in [0.1, 0.15) is 0 Å². The van der Waals surface area contributed by atoms with E-state index in [0.29, 0.717) is 33.4 Å². The Kier molecular flexibility index (Phi) is 6.57. The predicted octanol–water partition coefficient (Wildman–Crippen LogP) is 3.04. The summed E-state index contributed by atoms with van der Waals surface area (Å²) in [6.07, 6.45) is 3.40. The Morgan fingerprint density at radius 3 is 2.55 bits per heavy atom. The number of hydrogen-bond acceptors (Lipinski definition) is 4. The molecule has 0 saturated carbocycles. The van der Waals surface area contributed by atoms with Crippen molar-refractivity contribution < 1.29 is 9.53 Å². The van der Waals surface area contributed by atoms with Gasteiger partial charge < -0.3 is 10.1 Å². The SMILES string of the molecule is C=c1[nH]n(-c2ccc(Cl)cc2)c(=O)/c1=C\Nc1ccc(C(=O)OCCCC)cc1. The monoisotopic (exact) mass is 411 g/mol. The largest absolute Gasteiger partial charge is 0.462 e. The first-order valence-corrected chi connectivity index (χ1v) is 9.67. The van der Waals surface area contributed by atoms with Crippen molar-refractivity contribution >= 4 is 36.0 Å². The molecule has 0 unspecified atom stereocenters. The Hall–Kier alpha value is -3.25. The summed E-state index contributed by atoms with van der Waals surface area (Å²) in [5.41, 5.74) is 1.64. The molecular weight excluding hydrogens is 390 g/mol. The van der Waals surface area contributed by atoms with Gasteiger partial charge in [0.05, 0.1) is 28.4 Å². The Bertz CT molecular complexity index is 1150. The number of unbranched alkanes of at least 4 members (excludes halogenated alkanes) is 1. The first kappa shape index (κ1) is 20.5. The summed E-state index contributed by atoms with van der Waals surface area (Å²) < 4.78 is 6.59. The van der Waals surface area contributed by atoms with Crippen LogP contribution >= 0.6 is 11.6 Å². The average Bonchev–Trinajstić information content (AvgIpc) is 3.01. The predicted molar refractivity (Wildman–Crippen MR) is 116 cm³/mol. The number of nitrogens with zero attached hydrogens (tertiary/aromatic N) is 1. The molecular formula is C22H22ClN3O3. The number of aromatic nitrogens is 2. The van der Waals surface area contributed by atoms with Crippen LogP contribution in [0.1, 0.15) is 30.1 Å². The van der Waals surface area contributed by atoms with E-state index in [4.69, 9.17) is 16.3 Å². The highest BCUT2D eigenvalue weighted by Crippen LogP contribution is 2.11. The molecule has 1 heterocycles. The molecule has 0 spiro atoms. The molecule has 3 aromatic rings. The minimum atomic E-state index is -0.342. The maximum Gasteiger partial charge on any atom is 0.338 e. The Balaban J connectivity index is 1.76. The normalized spacial score (nSPS) is 11.4. The molecule has 0 amide bonds. The van der Waals surface area contributed by atoms with Crippen LogP contribution in [-0.2, 0) is 4.74 Å². The van der Waals surface area contributed by atoms with Crippen LogP contribution in [0.15, 0.2) is 53.3 Å². The molecule has 1 aromatic heterocycles. The van der Waals surface area contributed by atoms with Crippen LogP contribution in [0.25, 0.3) is 18.5 Å². The molecule has 0 bridgehead atoms. The van der Waals surface area contributed by atoms with Crippen molar-refractivity contribution in [3.05, 3.63) is 80.0 Å². The third-order valence-electron chi connectivity index (χ3n) is 4.33. The van der Waals surface area contributed by atoms with Gasteiger partial charge in [-0.1, -0.05) is 31.5 Å². The molecule has 7 heteroatoms. The van der Waals surface area contributed by atoms with Gasteiger partial charge in [-0.2, -0.15) is 0 Å². The van der Waals surface area contributed by atoms with E-state index in [1.165, 1.54) is 4.68 Å². The third-order valence-corrected chi connectivity index (χ3v) is 4.58. The quantitative estimate of drug-likeness (QED) is 0.463. The molecule has 29 heavy (non-hydrogen) atoms. The molecule has 0 atom stereocenters. The van der Waals surface area contributed by atoms with Crippen molar-refractivity contribution in [3.63, 3.8) is 0 Å². The van der Waals surface area contributed by atoms with Gasteiger partial charge in [-0.3, -0.25) is 9.89 Å². The molecule has 0 fully saturated rings. The van der Waals surface area contributed by atoms with Crippen LogP contribution in [0.3, 0.4) is 0 Å². The number of ether oxygens (including phenoxy) is 1. The zero-order valence-electron chi connectivity index (χ0n) is 16.1. The van der Waals surface area contributed by atoms with Crippen molar-refractivity contribution in [2.45, 2.75) is 19.8 Å². The number of carbonyl (C=O) groups is 1. The van der Waals surface area contributed by atoms with Crippen molar-refractivity contribution in [3.8, 4) is 5.69 Å². The lowest BCUT2D eigenvalue weighted by atomic mass is 10.2. The first-order chi connectivity index (χ1) is 14.0. The number of H-pyrrole nitrogens is 1. The van der Waals surface area contributed by atoms with Crippen LogP contribution in [0, 0.1) is 0 Å². The summed E-state index contributed by atoms with van der Waals surface area (Å²) in [6.45, 7) is 6.35. The first-order valence-electron chi connectivity index (χ1n) is 9.29.